The van der Waals surface area contributed by atoms with E-state index >= 15 is 0 Å². The van der Waals surface area contributed by atoms with Crippen LogP contribution in [0.3, 0.4) is 0 Å². The van der Waals surface area contributed by atoms with Gasteiger partial charge in [-0.05, 0) is 12.3 Å². The molecule has 0 fully saturated rings. The van der Waals surface area contributed by atoms with E-state index in [0.717, 1.165) is 6.42 Å². The molecule has 0 aromatic carbocycles. The monoisotopic (exact) mass is 296 g/mol. The molecule has 2 heteroatoms. The van der Waals surface area contributed by atoms with Crippen molar-refractivity contribution in [3.63, 3.8) is 0 Å². The smallest absolute Gasteiger partial charge is 0.327 e. The van der Waals surface area contributed by atoms with Crippen molar-refractivity contribution >= 4 is 5.97 Å². The molecule has 0 radical (unpaired) electrons. The van der Waals surface area contributed by atoms with Crippen molar-refractivity contribution < 1.29 is 9.90 Å². The van der Waals surface area contributed by atoms with Crippen LogP contribution < -0.4 is 0 Å². The Kier molecular flexibility index (Phi) is 15.0. The van der Waals surface area contributed by atoms with Gasteiger partial charge in [0.15, 0.2) is 0 Å². The summed E-state index contributed by atoms with van der Waals surface area (Å²) in [5.41, 5.74) is 0. The second-order valence-electron chi connectivity index (χ2n) is 6.25. The number of allylic oxidation sites excluding steroid dienone is 1. The quantitative estimate of drug-likeness (QED) is 0.282. The van der Waals surface area contributed by atoms with Crippen LogP contribution in [-0.2, 0) is 4.79 Å². The van der Waals surface area contributed by atoms with E-state index in [0.29, 0.717) is 5.92 Å². The lowest BCUT2D eigenvalue weighted by molar-refractivity contribution is -0.131. The molecule has 0 aliphatic rings. The van der Waals surface area contributed by atoms with Gasteiger partial charge < -0.3 is 5.11 Å². The van der Waals surface area contributed by atoms with E-state index in [2.05, 4.69) is 13.8 Å². The maximum absolute atomic E-state index is 10.6. The van der Waals surface area contributed by atoms with E-state index in [4.69, 9.17) is 5.11 Å². The predicted molar refractivity (Wildman–Crippen MR) is 91.6 cm³/mol. The first-order valence-electron chi connectivity index (χ1n) is 9.10. The van der Waals surface area contributed by atoms with Crippen LogP contribution in [0.25, 0.3) is 0 Å². The van der Waals surface area contributed by atoms with Gasteiger partial charge in [-0.15, -0.1) is 0 Å². The Balaban J connectivity index is 3.85. The van der Waals surface area contributed by atoms with E-state index in [9.17, 15) is 4.79 Å². The molecule has 0 heterocycles. The topological polar surface area (TPSA) is 37.3 Å². The van der Waals surface area contributed by atoms with Gasteiger partial charge in [-0.2, -0.15) is 0 Å². The summed E-state index contributed by atoms with van der Waals surface area (Å²) < 4.78 is 0. The Morgan fingerprint density at radius 3 is 1.86 bits per heavy atom. The van der Waals surface area contributed by atoms with Crippen LogP contribution in [0.2, 0.25) is 0 Å². The normalized spacial score (nSPS) is 12.9. The SMILES string of the molecule is CCCCCCCCC(C/C=C/C(=O)O)CCCCCC. The number of carbonyl (C=O) groups is 1. The summed E-state index contributed by atoms with van der Waals surface area (Å²) in [5, 5.41) is 8.68. The van der Waals surface area contributed by atoms with Crippen molar-refractivity contribution in [3.05, 3.63) is 12.2 Å². The minimum atomic E-state index is -0.820. The molecule has 1 atom stereocenters. The van der Waals surface area contributed by atoms with Crippen molar-refractivity contribution in [1.82, 2.24) is 0 Å². The van der Waals surface area contributed by atoms with E-state index in [1.54, 1.807) is 0 Å². The lowest BCUT2D eigenvalue weighted by atomic mass is 9.91. The molecule has 0 bridgehead atoms. The average molecular weight is 296 g/mol. The van der Waals surface area contributed by atoms with Crippen molar-refractivity contribution in [2.24, 2.45) is 5.92 Å². The summed E-state index contributed by atoms with van der Waals surface area (Å²) >= 11 is 0. The molecule has 1 unspecified atom stereocenters. The third kappa shape index (κ3) is 15.4. The van der Waals surface area contributed by atoms with Crippen LogP contribution >= 0.6 is 0 Å². The molecule has 0 saturated heterocycles. The number of hydrogen-bond donors (Lipinski definition) is 1. The Bertz CT molecular complexity index is 258. The fraction of sp³-hybridized carbons (Fsp3) is 0.842. The van der Waals surface area contributed by atoms with E-state index < -0.39 is 5.97 Å². The molecule has 0 aliphatic heterocycles. The van der Waals surface area contributed by atoms with Gasteiger partial charge in [0.25, 0.3) is 0 Å². The molecule has 0 rings (SSSR count). The van der Waals surface area contributed by atoms with Crippen LogP contribution in [-0.4, -0.2) is 11.1 Å². The van der Waals surface area contributed by atoms with Crippen LogP contribution in [0.15, 0.2) is 12.2 Å². The Morgan fingerprint density at radius 1 is 0.857 bits per heavy atom. The Morgan fingerprint density at radius 2 is 1.33 bits per heavy atom. The van der Waals surface area contributed by atoms with Gasteiger partial charge in [0.05, 0.1) is 0 Å². The van der Waals surface area contributed by atoms with Crippen LogP contribution in [0.1, 0.15) is 97.3 Å². The van der Waals surface area contributed by atoms with Crippen molar-refractivity contribution in [3.8, 4) is 0 Å². The molecule has 2 nitrogen and oxygen atoms in total. The third-order valence-electron chi connectivity index (χ3n) is 4.16. The fourth-order valence-electron chi connectivity index (χ4n) is 2.81. The van der Waals surface area contributed by atoms with Gasteiger partial charge in [-0.25, -0.2) is 4.79 Å². The molecule has 0 saturated carbocycles. The number of unbranched alkanes of at least 4 members (excludes halogenated alkanes) is 8. The molecule has 0 aliphatic carbocycles. The summed E-state index contributed by atoms with van der Waals surface area (Å²) in [6.45, 7) is 4.49. The highest BCUT2D eigenvalue weighted by molar-refractivity contribution is 5.79. The van der Waals surface area contributed by atoms with Gasteiger partial charge in [0, 0.05) is 6.08 Å². The first-order valence-corrected chi connectivity index (χ1v) is 9.10. The Hall–Kier alpha value is -0.790. The summed E-state index contributed by atoms with van der Waals surface area (Å²) in [6.07, 6.45) is 19.9. The maximum atomic E-state index is 10.6. The fourth-order valence-corrected chi connectivity index (χ4v) is 2.81. The van der Waals surface area contributed by atoms with Gasteiger partial charge in [-0.1, -0.05) is 97.0 Å². The van der Waals surface area contributed by atoms with Gasteiger partial charge in [-0.3, -0.25) is 0 Å². The largest absolute Gasteiger partial charge is 0.478 e. The first kappa shape index (κ1) is 20.2. The van der Waals surface area contributed by atoms with Crippen molar-refractivity contribution in [2.75, 3.05) is 0 Å². The number of carboxylic acids is 1. The highest BCUT2D eigenvalue weighted by Crippen LogP contribution is 2.22. The zero-order valence-electron chi connectivity index (χ0n) is 14.3. The second kappa shape index (κ2) is 15.6. The number of rotatable bonds is 15. The summed E-state index contributed by atoms with van der Waals surface area (Å²) in [5.74, 6) is -0.136. The van der Waals surface area contributed by atoms with E-state index in [-0.39, 0.29) is 0 Å². The molecule has 21 heavy (non-hydrogen) atoms. The molecule has 1 N–H and O–H groups in total. The van der Waals surface area contributed by atoms with Crippen LogP contribution in [0.5, 0.6) is 0 Å². The van der Waals surface area contributed by atoms with Crippen LogP contribution in [0, 0.1) is 5.92 Å². The molecule has 0 spiro atoms. The second-order valence-corrected chi connectivity index (χ2v) is 6.25. The first-order chi connectivity index (χ1) is 10.2. The standard InChI is InChI=1S/C19H36O2/c1-3-5-7-9-10-12-15-18(14-11-8-6-4-2)16-13-17-19(20)21/h13,17-18H,3-12,14-16H2,1-2H3,(H,20,21)/b17-13+. The lowest BCUT2D eigenvalue weighted by Gasteiger charge is -2.15. The summed E-state index contributed by atoms with van der Waals surface area (Å²) in [4.78, 5) is 10.6. The molecular weight excluding hydrogens is 260 g/mol. The zero-order valence-corrected chi connectivity index (χ0v) is 14.3. The minimum absolute atomic E-state index is 0.684. The number of carboxylic acid groups (broad SMARTS) is 1. The highest BCUT2D eigenvalue weighted by Gasteiger charge is 2.07. The van der Waals surface area contributed by atoms with Gasteiger partial charge >= 0.3 is 5.97 Å². The molecular formula is C19H36O2. The summed E-state index contributed by atoms with van der Waals surface area (Å²) in [7, 11) is 0. The average Bonchev–Trinajstić information content (AvgIpc) is 2.46. The maximum Gasteiger partial charge on any atom is 0.327 e. The highest BCUT2D eigenvalue weighted by atomic mass is 16.4. The predicted octanol–water partition coefficient (Wildman–Crippen LogP) is 6.35. The van der Waals surface area contributed by atoms with Crippen LogP contribution in [0.4, 0.5) is 0 Å². The molecule has 124 valence electrons. The van der Waals surface area contributed by atoms with E-state index in [1.807, 2.05) is 6.08 Å². The summed E-state index contributed by atoms with van der Waals surface area (Å²) in [6, 6.07) is 0. The minimum Gasteiger partial charge on any atom is -0.478 e. The molecule has 0 aromatic rings. The Labute approximate surface area is 132 Å². The van der Waals surface area contributed by atoms with E-state index in [1.165, 1.54) is 83.1 Å². The lowest BCUT2D eigenvalue weighted by Crippen LogP contribution is -2.00. The molecule has 0 aromatic heterocycles. The zero-order chi connectivity index (χ0) is 15.8. The van der Waals surface area contributed by atoms with Crippen molar-refractivity contribution in [2.45, 2.75) is 97.3 Å². The van der Waals surface area contributed by atoms with Crippen molar-refractivity contribution in [1.29, 1.82) is 0 Å². The third-order valence-corrected chi connectivity index (χ3v) is 4.16. The number of hydrogen-bond acceptors (Lipinski definition) is 1. The van der Waals surface area contributed by atoms with Gasteiger partial charge in [0.1, 0.15) is 0 Å². The molecule has 0 amide bonds. The van der Waals surface area contributed by atoms with Gasteiger partial charge in [0.2, 0.25) is 0 Å². The number of aliphatic carboxylic acids is 1.